The molecule has 2 N–H and O–H groups in total. The molecule has 2 rings (SSSR count). The molecule has 1 amide bonds. The Hall–Kier alpha value is -1.13. The second kappa shape index (κ2) is 7.60. The SMILES string of the molecule is CC(N)CCC(=O)N(Cc1ccccc1F)C1CC1.Cl. The third-order valence-corrected chi connectivity index (χ3v) is 3.42. The monoisotopic (exact) mass is 300 g/mol. The van der Waals surface area contributed by atoms with Crippen molar-refractivity contribution in [2.75, 3.05) is 0 Å². The number of nitrogens with two attached hydrogens (primary N) is 1. The van der Waals surface area contributed by atoms with Crippen LogP contribution in [-0.4, -0.2) is 22.9 Å². The minimum atomic E-state index is -0.242. The molecule has 5 heteroatoms. The van der Waals surface area contributed by atoms with E-state index in [1.807, 2.05) is 6.92 Å². The minimum absolute atomic E-state index is 0. The topological polar surface area (TPSA) is 46.3 Å². The van der Waals surface area contributed by atoms with E-state index in [0.717, 1.165) is 12.8 Å². The summed E-state index contributed by atoms with van der Waals surface area (Å²) in [4.78, 5) is 14.0. The third kappa shape index (κ3) is 4.76. The maximum absolute atomic E-state index is 13.7. The standard InChI is InChI=1S/C15H21FN2O.ClH/c1-11(17)6-9-15(19)18(13-7-8-13)10-12-4-2-3-5-14(12)16;/h2-5,11,13H,6-10,17H2,1H3;1H. The van der Waals surface area contributed by atoms with Gasteiger partial charge in [-0.3, -0.25) is 4.79 Å². The lowest BCUT2D eigenvalue weighted by atomic mass is 10.1. The molecule has 1 fully saturated rings. The van der Waals surface area contributed by atoms with Gasteiger partial charge in [0.25, 0.3) is 0 Å². The molecule has 1 aliphatic carbocycles. The van der Waals surface area contributed by atoms with Crippen LogP contribution in [0.1, 0.15) is 38.2 Å². The van der Waals surface area contributed by atoms with E-state index >= 15 is 0 Å². The molecule has 1 atom stereocenters. The maximum atomic E-state index is 13.7. The molecule has 0 radical (unpaired) electrons. The number of benzene rings is 1. The van der Waals surface area contributed by atoms with Gasteiger partial charge in [-0.1, -0.05) is 18.2 Å². The second-order valence-electron chi connectivity index (χ2n) is 5.36. The molecule has 3 nitrogen and oxygen atoms in total. The van der Waals surface area contributed by atoms with Gasteiger partial charge in [-0.05, 0) is 32.3 Å². The largest absolute Gasteiger partial charge is 0.335 e. The summed E-state index contributed by atoms with van der Waals surface area (Å²) in [6.07, 6.45) is 3.18. The molecule has 1 aliphatic rings. The van der Waals surface area contributed by atoms with Gasteiger partial charge in [-0.15, -0.1) is 12.4 Å². The number of nitrogens with zero attached hydrogens (tertiary/aromatic N) is 1. The van der Waals surface area contributed by atoms with Crippen molar-refractivity contribution in [1.29, 1.82) is 0 Å². The lowest BCUT2D eigenvalue weighted by Crippen LogP contribution is -2.33. The smallest absolute Gasteiger partial charge is 0.223 e. The molecule has 1 saturated carbocycles. The molecule has 112 valence electrons. The van der Waals surface area contributed by atoms with Crippen molar-refractivity contribution in [2.24, 2.45) is 5.73 Å². The first kappa shape index (κ1) is 16.9. The number of hydrogen-bond donors (Lipinski definition) is 1. The first-order valence-corrected chi connectivity index (χ1v) is 6.86. The highest BCUT2D eigenvalue weighted by Gasteiger charge is 2.32. The van der Waals surface area contributed by atoms with Crippen molar-refractivity contribution in [2.45, 2.75) is 51.2 Å². The van der Waals surface area contributed by atoms with Crippen LogP contribution < -0.4 is 5.73 Å². The Labute approximate surface area is 125 Å². The Balaban J connectivity index is 0.00000200. The molecule has 1 unspecified atom stereocenters. The molecule has 0 bridgehead atoms. The van der Waals surface area contributed by atoms with Crippen LogP contribution in [0.4, 0.5) is 4.39 Å². The zero-order valence-corrected chi connectivity index (χ0v) is 12.5. The zero-order valence-electron chi connectivity index (χ0n) is 11.7. The molecular formula is C15H22ClFN2O. The van der Waals surface area contributed by atoms with Gasteiger partial charge in [0.15, 0.2) is 0 Å². The van der Waals surface area contributed by atoms with Crippen molar-refractivity contribution in [3.63, 3.8) is 0 Å². The van der Waals surface area contributed by atoms with E-state index in [1.165, 1.54) is 6.07 Å². The maximum Gasteiger partial charge on any atom is 0.223 e. The fourth-order valence-corrected chi connectivity index (χ4v) is 2.11. The second-order valence-corrected chi connectivity index (χ2v) is 5.36. The van der Waals surface area contributed by atoms with Gasteiger partial charge in [0.05, 0.1) is 0 Å². The Morgan fingerprint density at radius 3 is 2.65 bits per heavy atom. The molecule has 0 heterocycles. The van der Waals surface area contributed by atoms with Crippen LogP contribution >= 0.6 is 12.4 Å². The summed E-state index contributed by atoms with van der Waals surface area (Å²) in [5, 5.41) is 0. The van der Waals surface area contributed by atoms with E-state index in [-0.39, 0.29) is 30.2 Å². The summed E-state index contributed by atoms with van der Waals surface area (Å²) in [6.45, 7) is 2.26. The fraction of sp³-hybridized carbons (Fsp3) is 0.533. The summed E-state index contributed by atoms with van der Waals surface area (Å²) in [5.74, 6) is -0.156. The first-order chi connectivity index (χ1) is 9.08. The van der Waals surface area contributed by atoms with Crippen molar-refractivity contribution >= 4 is 18.3 Å². The van der Waals surface area contributed by atoms with E-state index in [9.17, 15) is 9.18 Å². The van der Waals surface area contributed by atoms with E-state index < -0.39 is 0 Å². The van der Waals surface area contributed by atoms with Crippen LogP contribution in [0.25, 0.3) is 0 Å². The zero-order chi connectivity index (χ0) is 13.8. The summed E-state index contributed by atoms with van der Waals surface area (Å²) in [5.41, 5.74) is 6.27. The van der Waals surface area contributed by atoms with Crippen LogP contribution in [0.3, 0.4) is 0 Å². The Morgan fingerprint density at radius 1 is 1.45 bits per heavy atom. The first-order valence-electron chi connectivity index (χ1n) is 6.86. The minimum Gasteiger partial charge on any atom is -0.335 e. The third-order valence-electron chi connectivity index (χ3n) is 3.42. The van der Waals surface area contributed by atoms with Crippen molar-refractivity contribution in [3.8, 4) is 0 Å². The van der Waals surface area contributed by atoms with Crippen LogP contribution in [0.5, 0.6) is 0 Å². The normalized spacial score (nSPS) is 15.3. The quantitative estimate of drug-likeness (QED) is 0.878. The molecule has 1 aromatic carbocycles. The fourth-order valence-electron chi connectivity index (χ4n) is 2.11. The van der Waals surface area contributed by atoms with Crippen LogP contribution in [0.15, 0.2) is 24.3 Å². The highest BCUT2D eigenvalue weighted by Crippen LogP contribution is 2.29. The Morgan fingerprint density at radius 2 is 2.10 bits per heavy atom. The predicted molar refractivity (Wildman–Crippen MR) is 80.1 cm³/mol. The van der Waals surface area contributed by atoms with Crippen molar-refractivity contribution < 1.29 is 9.18 Å². The number of halogens is 2. The number of carbonyl (C=O) groups excluding carboxylic acids is 1. The number of carbonyl (C=O) groups is 1. The Bertz CT molecular complexity index is 449. The molecule has 20 heavy (non-hydrogen) atoms. The lowest BCUT2D eigenvalue weighted by Gasteiger charge is -2.23. The van der Waals surface area contributed by atoms with Gasteiger partial charge in [-0.25, -0.2) is 4.39 Å². The average Bonchev–Trinajstić information content (AvgIpc) is 3.19. The molecule has 0 saturated heterocycles. The summed E-state index contributed by atoms with van der Waals surface area (Å²) in [6, 6.07) is 6.96. The van der Waals surface area contributed by atoms with E-state index in [1.54, 1.807) is 23.1 Å². The number of rotatable bonds is 6. The van der Waals surface area contributed by atoms with Crippen LogP contribution in [0, 0.1) is 5.82 Å². The van der Waals surface area contributed by atoms with Crippen molar-refractivity contribution in [1.82, 2.24) is 4.90 Å². The number of amides is 1. The molecular weight excluding hydrogens is 279 g/mol. The van der Waals surface area contributed by atoms with E-state index in [2.05, 4.69) is 0 Å². The highest BCUT2D eigenvalue weighted by molar-refractivity contribution is 5.85. The average molecular weight is 301 g/mol. The lowest BCUT2D eigenvalue weighted by molar-refractivity contribution is -0.132. The van der Waals surface area contributed by atoms with Gasteiger partial charge in [-0.2, -0.15) is 0 Å². The van der Waals surface area contributed by atoms with Gasteiger partial charge in [0.2, 0.25) is 5.91 Å². The van der Waals surface area contributed by atoms with Gasteiger partial charge < -0.3 is 10.6 Å². The van der Waals surface area contributed by atoms with Gasteiger partial charge in [0, 0.05) is 30.6 Å². The Kier molecular flexibility index (Phi) is 6.43. The molecule has 1 aromatic rings. The van der Waals surface area contributed by atoms with Crippen LogP contribution in [0.2, 0.25) is 0 Å². The molecule has 0 aromatic heterocycles. The number of hydrogen-bond acceptors (Lipinski definition) is 2. The van der Waals surface area contributed by atoms with E-state index in [4.69, 9.17) is 5.73 Å². The molecule has 0 aliphatic heterocycles. The predicted octanol–water partition coefficient (Wildman–Crippen LogP) is 2.87. The summed E-state index contributed by atoms with van der Waals surface area (Å²) < 4.78 is 13.7. The summed E-state index contributed by atoms with van der Waals surface area (Å²) >= 11 is 0. The van der Waals surface area contributed by atoms with Gasteiger partial charge >= 0.3 is 0 Å². The highest BCUT2D eigenvalue weighted by atomic mass is 35.5. The molecule has 0 spiro atoms. The summed E-state index contributed by atoms with van der Waals surface area (Å²) in [7, 11) is 0. The van der Waals surface area contributed by atoms with E-state index in [0.29, 0.717) is 31.0 Å². The van der Waals surface area contributed by atoms with Crippen LogP contribution in [-0.2, 0) is 11.3 Å². The van der Waals surface area contributed by atoms with Crippen molar-refractivity contribution in [3.05, 3.63) is 35.6 Å². The van der Waals surface area contributed by atoms with Gasteiger partial charge in [0.1, 0.15) is 5.82 Å².